The first-order chi connectivity index (χ1) is 12.8. The zero-order valence-electron chi connectivity index (χ0n) is 14.4. The fourth-order valence-corrected chi connectivity index (χ4v) is 4.79. The third kappa shape index (κ3) is 3.26. The van der Waals surface area contributed by atoms with Gasteiger partial charge in [-0.1, -0.05) is 12.1 Å². The van der Waals surface area contributed by atoms with Crippen molar-refractivity contribution in [3.05, 3.63) is 35.4 Å². The number of β-lactam (4-membered cyclic amide) rings is 1. The number of hydrogen-bond donors (Lipinski definition) is 3. The van der Waals surface area contributed by atoms with Gasteiger partial charge in [-0.05, 0) is 12.1 Å². The van der Waals surface area contributed by atoms with E-state index in [9.17, 15) is 29.4 Å². The number of rotatable bonds is 6. The average molecular weight is 394 g/mol. The van der Waals surface area contributed by atoms with Crippen LogP contribution in [0.3, 0.4) is 0 Å². The quantitative estimate of drug-likeness (QED) is 0.579. The number of carbonyl (C=O) groups excluding carboxylic acids is 2. The van der Waals surface area contributed by atoms with Crippen LogP contribution in [0, 0.1) is 5.41 Å². The van der Waals surface area contributed by atoms with Crippen LogP contribution in [0.1, 0.15) is 20.7 Å². The van der Waals surface area contributed by atoms with E-state index < -0.39 is 35.2 Å². The number of amides is 2. The molecule has 3 N–H and O–H groups in total. The van der Waals surface area contributed by atoms with Gasteiger partial charge in [-0.25, -0.2) is 4.79 Å². The predicted octanol–water partition coefficient (Wildman–Crippen LogP) is 0.116. The number of carboxylic acid groups (broad SMARTS) is 2. The zero-order valence-corrected chi connectivity index (χ0v) is 15.2. The van der Waals surface area contributed by atoms with Gasteiger partial charge in [0.25, 0.3) is 5.91 Å². The van der Waals surface area contributed by atoms with Crippen molar-refractivity contribution >= 4 is 35.5 Å². The minimum absolute atomic E-state index is 0.00472. The van der Waals surface area contributed by atoms with Crippen molar-refractivity contribution in [2.75, 3.05) is 26.0 Å². The highest BCUT2D eigenvalue weighted by Crippen LogP contribution is 2.42. The van der Waals surface area contributed by atoms with Crippen LogP contribution in [0.4, 0.5) is 0 Å². The lowest BCUT2D eigenvalue weighted by molar-refractivity contribution is -0.160. The molecule has 1 aromatic rings. The molecule has 3 atom stereocenters. The van der Waals surface area contributed by atoms with Gasteiger partial charge < -0.3 is 25.2 Å². The Labute approximate surface area is 158 Å². The van der Waals surface area contributed by atoms with E-state index in [0.717, 1.165) is 0 Å². The molecule has 2 saturated heterocycles. The first kappa shape index (κ1) is 19.2. The Kier molecular flexibility index (Phi) is 5.11. The Balaban J connectivity index is 1.72. The van der Waals surface area contributed by atoms with Gasteiger partial charge in [0.05, 0.1) is 17.7 Å². The van der Waals surface area contributed by atoms with Gasteiger partial charge in [0.1, 0.15) is 16.8 Å². The maximum atomic E-state index is 12.5. The molecule has 1 aromatic carbocycles. The lowest BCUT2D eigenvalue weighted by Crippen LogP contribution is -2.74. The fraction of sp³-hybridized carbons (Fsp3) is 0.412. The summed E-state index contributed by atoms with van der Waals surface area (Å²) in [6.45, 7) is -0.0143. The van der Waals surface area contributed by atoms with E-state index in [0.29, 0.717) is 0 Å². The molecular formula is C17H18N2O7S. The van der Waals surface area contributed by atoms with Gasteiger partial charge in [-0.2, -0.15) is 0 Å². The number of thioether (sulfide) groups is 1. The highest BCUT2D eigenvalue weighted by atomic mass is 32.2. The monoisotopic (exact) mass is 394 g/mol. The topological polar surface area (TPSA) is 133 Å². The summed E-state index contributed by atoms with van der Waals surface area (Å²) in [6.07, 6.45) is 0. The van der Waals surface area contributed by atoms with E-state index in [4.69, 9.17) is 4.74 Å². The second-order valence-corrected chi connectivity index (χ2v) is 7.59. The molecule has 27 heavy (non-hydrogen) atoms. The minimum atomic E-state index is -1.24. The molecule has 2 amide bonds. The fourth-order valence-electron chi connectivity index (χ4n) is 3.27. The molecule has 9 nitrogen and oxygen atoms in total. The van der Waals surface area contributed by atoms with Gasteiger partial charge in [-0.15, -0.1) is 11.8 Å². The number of ether oxygens (including phenoxy) is 1. The van der Waals surface area contributed by atoms with Crippen LogP contribution < -0.4 is 5.32 Å². The molecule has 144 valence electrons. The summed E-state index contributed by atoms with van der Waals surface area (Å²) >= 11 is 1.26. The van der Waals surface area contributed by atoms with Crippen LogP contribution in [0.15, 0.2) is 24.3 Å². The van der Waals surface area contributed by atoms with Gasteiger partial charge >= 0.3 is 11.9 Å². The summed E-state index contributed by atoms with van der Waals surface area (Å²) in [6, 6.07) is 4.92. The Morgan fingerprint density at radius 2 is 1.96 bits per heavy atom. The number of nitrogens with one attached hydrogen (secondary N) is 1. The molecule has 0 bridgehead atoms. The molecule has 0 spiro atoms. The Morgan fingerprint density at radius 1 is 1.30 bits per heavy atom. The number of carboxylic acids is 2. The van der Waals surface area contributed by atoms with Crippen LogP contribution in [-0.4, -0.2) is 76.3 Å². The van der Waals surface area contributed by atoms with Gasteiger partial charge in [-0.3, -0.25) is 14.4 Å². The number of fused-ring (bicyclic) bond motifs is 1. The molecular weight excluding hydrogens is 376 g/mol. The van der Waals surface area contributed by atoms with Crippen LogP contribution in [-0.2, 0) is 14.3 Å². The van der Waals surface area contributed by atoms with E-state index >= 15 is 0 Å². The van der Waals surface area contributed by atoms with E-state index in [1.807, 2.05) is 0 Å². The maximum Gasteiger partial charge on any atom is 0.336 e. The number of nitrogens with zero attached hydrogens (tertiary/aromatic N) is 1. The molecule has 2 heterocycles. The summed E-state index contributed by atoms with van der Waals surface area (Å²) in [5, 5.41) is 20.9. The lowest BCUT2D eigenvalue weighted by atomic mass is 9.88. The normalized spacial score (nSPS) is 26.7. The van der Waals surface area contributed by atoms with Gasteiger partial charge in [0, 0.05) is 19.4 Å². The molecule has 0 aliphatic carbocycles. The largest absolute Gasteiger partial charge is 0.481 e. The number of aromatic carboxylic acids is 1. The van der Waals surface area contributed by atoms with Crippen molar-refractivity contribution in [3.8, 4) is 0 Å². The Hall–Kier alpha value is -2.59. The number of carbonyl (C=O) groups is 4. The molecule has 2 unspecified atom stereocenters. The van der Waals surface area contributed by atoms with Crippen LogP contribution in [0.25, 0.3) is 0 Å². The summed E-state index contributed by atoms with van der Waals surface area (Å²) in [5.41, 5.74) is -1.37. The summed E-state index contributed by atoms with van der Waals surface area (Å²) in [5.74, 6) is -3.08. The third-order valence-electron chi connectivity index (χ3n) is 4.71. The summed E-state index contributed by atoms with van der Waals surface area (Å²) in [7, 11) is 1.41. The van der Waals surface area contributed by atoms with E-state index in [1.54, 1.807) is 0 Å². The molecule has 10 heteroatoms. The Morgan fingerprint density at radius 3 is 2.56 bits per heavy atom. The van der Waals surface area contributed by atoms with Crippen molar-refractivity contribution < 1.29 is 34.1 Å². The SMILES string of the molecule is COCC1(C(=O)O)CS[C@@H]2C(NC(=O)c3ccccc3C(=O)O)C(=O)N2C1. The second-order valence-electron chi connectivity index (χ2n) is 6.49. The van der Waals surface area contributed by atoms with Crippen molar-refractivity contribution in [3.63, 3.8) is 0 Å². The molecule has 2 fully saturated rings. The highest BCUT2D eigenvalue weighted by Gasteiger charge is 2.57. The first-order valence-electron chi connectivity index (χ1n) is 8.08. The summed E-state index contributed by atoms with van der Waals surface area (Å²) in [4.78, 5) is 49.2. The van der Waals surface area contributed by atoms with Crippen molar-refractivity contribution in [2.24, 2.45) is 5.41 Å². The smallest absolute Gasteiger partial charge is 0.336 e. The molecule has 2 aliphatic heterocycles. The summed E-state index contributed by atoms with van der Waals surface area (Å²) < 4.78 is 5.02. The van der Waals surface area contributed by atoms with Crippen molar-refractivity contribution in [1.82, 2.24) is 10.2 Å². The van der Waals surface area contributed by atoms with Crippen LogP contribution >= 0.6 is 11.8 Å². The number of aliphatic carboxylic acids is 1. The third-order valence-corrected chi connectivity index (χ3v) is 6.30. The minimum Gasteiger partial charge on any atom is -0.481 e. The standard InChI is InChI=1S/C17H18N2O7S/c1-26-7-17(16(24)25)6-19-13(21)11(14(19)27-8-17)18-12(20)9-4-2-3-5-10(9)15(22)23/h2-5,11,14H,6-8H2,1H3,(H,18,20)(H,22,23)(H,24,25)/t11?,14-,17?/m1/s1. The first-order valence-corrected chi connectivity index (χ1v) is 9.13. The molecule has 0 saturated carbocycles. The Bertz CT molecular complexity index is 814. The van der Waals surface area contributed by atoms with Gasteiger partial charge in [0.15, 0.2) is 0 Å². The number of methoxy groups -OCH3 is 1. The lowest BCUT2D eigenvalue weighted by Gasteiger charge is -2.53. The van der Waals surface area contributed by atoms with Crippen molar-refractivity contribution in [2.45, 2.75) is 11.4 Å². The second kappa shape index (κ2) is 7.20. The number of benzene rings is 1. The zero-order chi connectivity index (χ0) is 19.8. The number of hydrogen-bond acceptors (Lipinski definition) is 6. The maximum absolute atomic E-state index is 12.5. The predicted molar refractivity (Wildman–Crippen MR) is 94.6 cm³/mol. The molecule has 3 rings (SSSR count). The molecule has 0 radical (unpaired) electrons. The van der Waals surface area contributed by atoms with E-state index in [-0.39, 0.29) is 35.4 Å². The molecule has 2 aliphatic rings. The van der Waals surface area contributed by atoms with Crippen molar-refractivity contribution in [1.29, 1.82) is 0 Å². The van der Waals surface area contributed by atoms with E-state index in [2.05, 4.69) is 5.32 Å². The van der Waals surface area contributed by atoms with Gasteiger partial charge in [0.2, 0.25) is 5.91 Å². The molecule has 0 aromatic heterocycles. The van der Waals surface area contributed by atoms with Crippen LogP contribution in [0.5, 0.6) is 0 Å². The highest BCUT2D eigenvalue weighted by molar-refractivity contribution is 8.00. The average Bonchev–Trinajstić information content (AvgIpc) is 2.65. The van der Waals surface area contributed by atoms with E-state index in [1.165, 1.54) is 48.0 Å². The van der Waals surface area contributed by atoms with Crippen LogP contribution in [0.2, 0.25) is 0 Å².